The van der Waals surface area contributed by atoms with Gasteiger partial charge in [0, 0.05) is 33.6 Å². The van der Waals surface area contributed by atoms with Crippen LogP contribution < -0.4 is 0 Å². The van der Waals surface area contributed by atoms with E-state index in [0.717, 1.165) is 16.8 Å². The van der Waals surface area contributed by atoms with Gasteiger partial charge in [-0.2, -0.15) is 5.10 Å². The van der Waals surface area contributed by atoms with Crippen molar-refractivity contribution in [1.29, 1.82) is 0 Å². The third kappa shape index (κ3) is 2.45. The van der Waals surface area contributed by atoms with Gasteiger partial charge in [-0.3, -0.25) is 0 Å². The van der Waals surface area contributed by atoms with Gasteiger partial charge in [-0.15, -0.1) is 0 Å². The van der Waals surface area contributed by atoms with E-state index in [1.54, 1.807) is 0 Å². The van der Waals surface area contributed by atoms with E-state index in [0.29, 0.717) is 0 Å². The monoisotopic (exact) mass is 409 g/mol. The van der Waals surface area contributed by atoms with Crippen LogP contribution in [0.25, 0.3) is 54.9 Å². The number of pyridine rings is 1. The SMILES string of the molecule is c1ccc2cn3ncc(-c4ccc(-n5c6ccccc6c6ccccc65)cc4)c3cc2c1. The summed E-state index contributed by atoms with van der Waals surface area (Å²) in [7, 11) is 0. The van der Waals surface area contributed by atoms with Crippen molar-refractivity contribution in [2.45, 2.75) is 0 Å². The van der Waals surface area contributed by atoms with Crippen molar-refractivity contribution in [2.24, 2.45) is 0 Å². The lowest BCUT2D eigenvalue weighted by Crippen LogP contribution is -1.93. The van der Waals surface area contributed by atoms with Gasteiger partial charge in [0.1, 0.15) is 0 Å². The Morgan fingerprint density at radius 3 is 1.91 bits per heavy atom. The minimum absolute atomic E-state index is 1.12. The number of hydrogen-bond donors (Lipinski definition) is 0. The highest BCUT2D eigenvalue weighted by atomic mass is 15.2. The maximum atomic E-state index is 4.61. The average molecular weight is 409 g/mol. The molecule has 0 aliphatic heterocycles. The zero-order valence-corrected chi connectivity index (χ0v) is 17.3. The summed E-state index contributed by atoms with van der Waals surface area (Å²) in [5.41, 5.74) is 7.04. The number of fused-ring (bicyclic) bond motifs is 5. The molecule has 3 heterocycles. The molecule has 0 saturated carbocycles. The minimum atomic E-state index is 1.12. The van der Waals surface area contributed by atoms with Crippen LogP contribution in [-0.2, 0) is 0 Å². The Labute approximate surface area is 184 Å². The second kappa shape index (κ2) is 6.56. The first-order valence-electron chi connectivity index (χ1n) is 10.8. The lowest BCUT2D eigenvalue weighted by atomic mass is 10.1. The molecule has 7 aromatic rings. The molecular weight excluding hydrogens is 390 g/mol. The van der Waals surface area contributed by atoms with E-state index in [2.05, 4.69) is 119 Å². The van der Waals surface area contributed by atoms with Gasteiger partial charge >= 0.3 is 0 Å². The van der Waals surface area contributed by atoms with Crippen LogP contribution in [0.4, 0.5) is 0 Å². The fourth-order valence-corrected chi connectivity index (χ4v) is 4.87. The first-order chi connectivity index (χ1) is 15.9. The topological polar surface area (TPSA) is 22.2 Å². The summed E-state index contributed by atoms with van der Waals surface area (Å²) in [5.74, 6) is 0. The Morgan fingerprint density at radius 1 is 0.562 bits per heavy atom. The number of rotatable bonds is 2. The van der Waals surface area contributed by atoms with E-state index < -0.39 is 0 Å². The molecule has 150 valence electrons. The van der Waals surface area contributed by atoms with Gasteiger partial charge in [0.2, 0.25) is 0 Å². The molecular formula is C29H19N3. The van der Waals surface area contributed by atoms with Crippen molar-refractivity contribution in [3.63, 3.8) is 0 Å². The maximum Gasteiger partial charge on any atom is 0.0746 e. The summed E-state index contributed by atoms with van der Waals surface area (Å²) < 4.78 is 4.32. The van der Waals surface area contributed by atoms with Crippen LogP contribution in [0.2, 0.25) is 0 Å². The second-order valence-electron chi connectivity index (χ2n) is 8.21. The first kappa shape index (κ1) is 17.3. The molecule has 32 heavy (non-hydrogen) atoms. The fraction of sp³-hybridized carbons (Fsp3) is 0. The Hall–Kier alpha value is -4.37. The number of benzene rings is 4. The summed E-state index contributed by atoms with van der Waals surface area (Å²) in [4.78, 5) is 0. The molecule has 0 N–H and O–H groups in total. The molecule has 0 atom stereocenters. The number of aromatic nitrogens is 3. The molecule has 0 amide bonds. The highest BCUT2D eigenvalue weighted by Crippen LogP contribution is 2.33. The van der Waals surface area contributed by atoms with Gasteiger partial charge in [-0.05, 0) is 41.3 Å². The van der Waals surface area contributed by atoms with Crippen LogP contribution in [0.5, 0.6) is 0 Å². The van der Waals surface area contributed by atoms with E-state index in [9.17, 15) is 0 Å². The summed E-state index contributed by atoms with van der Waals surface area (Å²) in [6.07, 6.45) is 4.06. The number of para-hydroxylation sites is 2. The van der Waals surface area contributed by atoms with E-state index in [1.165, 1.54) is 38.1 Å². The molecule has 3 aromatic heterocycles. The Bertz CT molecular complexity index is 1710. The van der Waals surface area contributed by atoms with E-state index in [4.69, 9.17) is 0 Å². The Balaban J connectivity index is 1.39. The molecule has 0 aliphatic carbocycles. The quantitative estimate of drug-likeness (QED) is 0.295. The molecule has 4 aromatic carbocycles. The summed E-state index contributed by atoms with van der Waals surface area (Å²) in [6.45, 7) is 0. The van der Waals surface area contributed by atoms with Gasteiger partial charge in [0.05, 0.1) is 22.7 Å². The highest BCUT2D eigenvalue weighted by molar-refractivity contribution is 6.09. The fourth-order valence-electron chi connectivity index (χ4n) is 4.87. The lowest BCUT2D eigenvalue weighted by Gasteiger charge is -2.09. The van der Waals surface area contributed by atoms with E-state index >= 15 is 0 Å². The third-order valence-corrected chi connectivity index (χ3v) is 6.40. The van der Waals surface area contributed by atoms with Crippen molar-refractivity contribution >= 4 is 38.1 Å². The van der Waals surface area contributed by atoms with Crippen molar-refractivity contribution in [2.75, 3.05) is 0 Å². The van der Waals surface area contributed by atoms with Gasteiger partial charge in [0.25, 0.3) is 0 Å². The molecule has 0 aliphatic rings. The van der Waals surface area contributed by atoms with Crippen LogP contribution >= 0.6 is 0 Å². The second-order valence-corrected chi connectivity index (χ2v) is 8.21. The standard InChI is InChI=1S/C29H19N3/c1-2-8-22-19-31-29(17-21(22)7-1)26(18-30-31)20-13-15-23(16-14-20)32-27-11-5-3-9-24(27)25-10-4-6-12-28(25)32/h1-19H. The number of hydrogen-bond acceptors (Lipinski definition) is 1. The van der Waals surface area contributed by atoms with Gasteiger partial charge in [0.15, 0.2) is 0 Å². The highest BCUT2D eigenvalue weighted by Gasteiger charge is 2.12. The molecule has 7 rings (SSSR count). The van der Waals surface area contributed by atoms with Crippen LogP contribution in [0, 0.1) is 0 Å². The predicted molar refractivity (Wildman–Crippen MR) is 132 cm³/mol. The van der Waals surface area contributed by atoms with Crippen LogP contribution in [-0.4, -0.2) is 14.2 Å². The summed E-state index contributed by atoms with van der Waals surface area (Å²) in [5, 5.41) is 9.59. The molecule has 3 nitrogen and oxygen atoms in total. The lowest BCUT2D eigenvalue weighted by molar-refractivity contribution is 0.970. The van der Waals surface area contributed by atoms with Crippen LogP contribution in [0.1, 0.15) is 0 Å². The van der Waals surface area contributed by atoms with Crippen molar-refractivity contribution in [1.82, 2.24) is 14.2 Å². The number of nitrogens with zero attached hydrogens (tertiary/aromatic N) is 3. The van der Waals surface area contributed by atoms with Gasteiger partial charge in [-0.1, -0.05) is 72.8 Å². The van der Waals surface area contributed by atoms with Crippen LogP contribution in [0.15, 0.2) is 116 Å². The summed E-state index contributed by atoms with van der Waals surface area (Å²) >= 11 is 0. The minimum Gasteiger partial charge on any atom is -0.309 e. The molecule has 0 radical (unpaired) electrons. The third-order valence-electron chi connectivity index (χ3n) is 6.40. The Morgan fingerprint density at radius 2 is 1.19 bits per heavy atom. The van der Waals surface area contributed by atoms with Crippen molar-refractivity contribution in [3.05, 3.63) is 116 Å². The predicted octanol–water partition coefficient (Wildman–Crippen LogP) is 7.25. The molecule has 3 heteroatoms. The molecule has 0 fully saturated rings. The first-order valence-corrected chi connectivity index (χ1v) is 10.8. The van der Waals surface area contributed by atoms with E-state index in [-0.39, 0.29) is 0 Å². The molecule has 0 saturated heterocycles. The van der Waals surface area contributed by atoms with Crippen molar-refractivity contribution < 1.29 is 0 Å². The molecule has 0 bridgehead atoms. The van der Waals surface area contributed by atoms with Crippen molar-refractivity contribution in [3.8, 4) is 16.8 Å². The van der Waals surface area contributed by atoms with Gasteiger partial charge < -0.3 is 4.57 Å². The van der Waals surface area contributed by atoms with E-state index in [1.807, 2.05) is 10.7 Å². The average Bonchev–Trinajstić information content (AvgIpc) is 3.41. The van der Waals surface area contributed by atoms with Crippen LogP contribution in [0.3, 0.4) is 0 Å². The smallest absolute Gasteiger partial charge is 0.0746 e. The zero-order chi connectivity index (χ0) is 21.1. The molecule has 0 unspecified atom stereocenters. The summed E-state index contributed by atoms with van der Waals surface area (Å²) in [6, 6.07) is 36.7. The maximum absolute atomic E-state index is 4.61. The normalized spacial score (nSPS) is 11.8. The van der Waals surface area contributed by atoms with Gasteiger partial charge in [-0.25, -0.2) is 4.52 Å². The largest absolute Gasteiger partial charge is 0.309 e. The zero-order valence-electron chi connectivity index (χ0n) is 17.3. The molecule has 0 spiro atoms. The Kier molecular flexibility index (Phi) is 3.55.